The summed E-state index contributed by atoms with van der Waals surface area (Å²) in [5, 5.41) is 6.64. The normalized spacial score (nSPS) is 10.7. The van der Waals surface area contributed by atoms with Gasteiger partial charge in [-0.05, 0) is 36.4 Å². The van der Waals surface area contributed by atoms with Gasteiger partial charge in [-0.2, -0.15) is 0 Å². The van der Waals surface area contributed by atoms with Crippen molar-refractivity contribution in [3.63, 3.8) is 0 Å². The van der Waals surface area contributed by atoms with Crippen LogP contribution in [0.4, 0.5) is 17.2 Å². The van der Waals surface area contributed by atoms with Gasteiger partial charge in [-0.1, -0.05) is 48.5 Å². The third-order valence-electron chi connectivity index (χ3n) is 5.04. The van der Waals surface area contributed by atoms with Crippen molar-refractivity contribution in [2.45, 2.75) is 0 Å². The third-order valence-corrected chi connectivity index (χ3v) is 5.04. The first-order valence-electron chi connectivity index (χ1n) is 10.2. The maximum Gasteiger partial charge on any atom is 0.349 e. The van der Waals surface area contributed by atoms with Crippen molar-refractivity contribution in [1.82, 2.24) is 9.97 Å². The molecule has 7 heteroatoms. The summed E-state index contributed by atoms with van der Waals surface area (Å²) in [6, 6.07) is 27.4. The van der Waals surface area contributed by atoms with Crippen molar-refractivity contribution in [3.8, 4) is 11.3 Å². The Hall–Kier alpha value is -4.78. The smallest absolute Gasteiger partial charge is 0.349 e. The van der Waals surface area contributed by atoms with Crippen LogP contribution in [0.15, 0.2) is 107 Å². The van der Waals surface area contributed by atoms with Gasteiger partial charge in [0.1, 0.15) is 23.3 Å². The second-order valence-corrected chi connectivity index (χ2v) is 7.30. The first-order valence-corrected chi connectivity index (χ1v) is 10.2. The molecule has 0 saturated heterocycles. The molecule has 33 heavy (non-hydrogen) atoms. The molecule has 0 unspecified atom stereocenters. The number of hydrogen-bond acceptors (Lipinski definition) is 6. The van der Waals surface area contributed by atoms with Crippen LogP contribution < -0.4 is 16.3 Å². The predicted molar refractivity (Wildman–Crippen MR) is 128 cm³/mol. The Balaban J connectivity index is 1.30. The van der Waals surface area contributed by atoms with E-state index in [2.05, 4.69) is 20.6 Å². The standard InChI is InChI=1S/C26H18N4O3/c31-25(21-14-18-8-4-5-9-23(18)33-26(21)32)30-20-12-10-19(11-13-20)29-24-15-22(27-16-28-24)17-6-2-1-3-7-17/h1-16H,(H,30,31)(H,27,28,29). The number of rotatable bonds is 5. The summed E-state index contributed by atoms with van der Waals surface area (Å²) in [5.74, 6) is 0.118. The molecule has 0 radical (unpaired) electrons. The summed E-state index contributed by atoms with van der Waals surface area (Å²) >= 11 is 0. The molecule has 1 amide bonds. The number of nitrogens with one attached hydrogen (secondary N) is 2. The Morgan fingerprint density at radius 2 is 1.52 bits per heavy atom. The molecule has 160 valence electrons. The zero-order valence-electron chi connectivity index (χ0n) is 17.4. The summed E-state index contributed by atoms with van der Waals surface area (Å²) in [6.07, 6.45) is 1.51. The van der Waals surface area contributed by atoms with Crippen LogP contribution in [0.5, 0.6) is 0 Å². The van der Waals surface area contributed by atoms with E-state index in [1.165, 1.54) is 12.4 Å². The monoisotopic (exact) mass is 434 g/mol. The number of nitrogens with zero attached hydrogens (tertiary/aromatic N) is 2. The van der Waals surface area contributed by atoms with E-state index in [-0.39, 0.29) is 5.56 Å². The van der Waals surface area contributed by atoms with Crippen LogP contribution in [-0.2, 0) is 0 Å². The van der Waals surface area contributed by atoms with Crippen molar-refractivity contribution in [1.29, 1.82) is 0 Å². The van der Waals surface area contributed by atoms with Crippen LogP contribution in [0.25, 0.3) is 22.2 Å². The van der Waals surface area contributed by atoms with Gasteiger partial charge in [0.2, 0.25) is 0 Å². The predicted octanol–water partition coefficient (Wildman–Crippen LogP) is 5.25. The first-order chi connectivity index (χ1) is 16.2. The Bertz CT molecular complexity index is 1500. The van der Waals surface area contributed by atoms with E-state index < -0.39 is 11.5 Å². The van der Waals surface area contributed by atoms with E-state index in [0.717, 1.165) is 16.9 Å². The summed E-state index contributed by atoms with van der Waals surface area (Å²) < 4.78 is 5.24. The molecule has 0 aliphatic rings. The van der Waals surface area contributed by atoms with Crippen molar-refractivity contribution >= 4 is 34.1 Å². The van der Waals surface area contributed by atoms with E-state index in [1.54, 1.807) is 30.3 Å². The SMILES string of the molecule is O=C(Nc1ccc(Nc2cc(-c3ccccc3)ncn2)cc1)c1cc2ccccc2oc1=O. The van der Waals surface area contributed by atoms with E-state index in [4.69, 9.17) is 4.42 Å². The Morgan fingerprint density at radius 1 is 0.788 bits per heavy atom. The molecule has 7 nitrogen and oxygen atoms in total. The lowest BCUT2D eigenvalue weighted by atomic mass is 10.1. The largest absolute Gasteiger partial charge is 0.422 e. The van der Waals surface area contributed by atoms with E-state index in [0.29, 0.717) is 22.5 Å². The average Bonchev–Trinajstić information content (AvgIpc) is 2.85. The average molecular weight is 434 g/mol. The van der Waals surface area contributed by atoms with Gasteiger partial charge >= 0.3 is 5.63 Å². The number of anilines is 3. The van der Waals surface area contributed by atoms with Gasteiger partial charge in [0.25, 0.3) is 5.91 Å². The second-order valence-electron chi connectivity index (χ2n) is 7.30. The highest BCUT2D eigenvalue weighted by Crippen LogP contribution is 2.22. The van der Waals surface area contributed by atoms with E-state index >= 15 is 0 Å². The van der Waals surface area contributed by atoms with Crippen molar-refractivity contribution < 1.29 is 9.21 Å². The zero-order chi connectivity index (χ0) is 22.6. The highest BCUT2D eigenvalue weighted by molar-refractivity contribution is 6.05. The quantitative estimate of drug-likeness (QED) is 0.367. The fraction of sp³-hybridized carbons (Fsp3) is 0. The summed E-state index contributed by atoms with van der Waals surface area (Å²) in [4.78, 5) is 33.4. The lowest BCUT2D eigenvalue weighted by Crippen LogP contribution is -2.20. The maximum absolute atomic E-state index is 12.6. The minimum atomic E-state index is -0.678. The molecule has 5 rings (SSSR count). The molecule has 5 aromatic rings. The molecule has 0 aliphatic heterocycles. The Morgan fingerprint density at radius 3 is 2.33 bits per heavy atom. The number of aromatic nitrogens is 2. The third kappa shape index (κ3) is 4.47. The van der Waals surface area contributed by atoms with E-state index in [9.17, 15) is 9.59 Å². The molecule has 0 atom stereocenters. The van der Waals surface area contributed by atoms with Gasteiger partial charge in [0.15, 0.2) is 0 Å². The second kappa shape index (κ2) is 8.76. The van der Waals surface area contributed by atoms with Crippen LogP contribution in [0.1, 0.15) is 10.4 Å². The lowest BCUT2D eigenvalue weighted by Gasteiger charge is -2.09. The Kier molecular flexibility index (Phi) is 5.35. The maximum atomic E-state index is 12.6. The number of carbonyl (C=O) groups excluding carboxylic acids is 1. The van der Waals surface area contributed by atoms with Gasteiger partial charge in [0, 0.05) is 28.4 Å². The first kappa shape index (κ1) is 20.1. The molecule has 2 heterocycles. The fourth-order valence-corrected chi connectivity index (χ4v) is 3.40. The summed E-state index contributed by atoms with van der Waals surface area (Å²) in [6.45, 7) is 0. The van der Waals surface area contributed by atoms with Crippen LogP contribution >= 0.6 is 0 Å². The Labute approximate surface area is 188 Å². The van der Waals surface area contributed by atoms with Crippen molar-refractivity contribution in [3.05, 3.63) is 113 Å². The molecular formula is C26H18N4O3. The molecule has 3 aromatic carbocycles. The van der Waals surface area contributed by atoms with Crippen molar-refractivity contribution in [2.75, 3.05) is 10.6 Å². The highest BCUT2D eigenvalue weighted by Gasteiger charge is 2.14. The van der Waals surface area contributed by atoms with E-state index in [1.807, 2.05) is 54.6 Å². The minimum Gasteiger partial charge on any atom is -0.422 e. The number of benzene rings is 3. The molecule has 0 aliphatic carbocycles. The number of carbonyl (C=O) groups is 1. The molecule has 0 saturated carbocycles. The minimum absolute atomic E-state index is 0.0506. The fourth-order valence-electron chi connectivity index (χ4n) is 3.40. The molecule has 0 spiro atoms. The summed E-state index contributed by atoms with van der Waals surface area (Å²) in [5.41, 5.74) is 2.86. The van der Waals surface area contributed by atoms with Crippen LogP contribution in [0.3, 0.4) is 0 Å². The number of hydrogen-bond donors (Lipinski definition) is 2. The zero-order valence-corrected chi connectivity index (χ0v) is 17.4. The van der Waals surface area contributed by atoms with Gasteiger partial charge < -0.3 is 15.1 Å². The molecule has 2 aromatic heterocycles. The lowest BCUT2D eigenvalue weighted by molar-refractivity contribution is 0.102. The number of para-hydroxylation sites is 1. The van der Waals surface area contributed by atoms with Crippen LogP contribution in [0.2, 0.25) is 0 Å². The molecule has 0 bridgehead atoms. The van der Waals surface area contributed by atoms with Gasteiger partial charge in [-0.25, -0.2) is 14.8 Å². The number of amides is 1. The van der Waals surface area contributed by atoms with Gasteiger partial charge in [-0.3, -0.25) is 4.79 Å². The van der Waals surface area contributed by atoms with Crippen LogP contribution in [0, 0.1) is 0 Å². The summed E-state index contributed by atoms with van der Waals surface area (Å²) in [7, 11) is 0. The number of fused-ring (bicyclic) bond motifs is 1. The van der Waals surface area contributed by atoms with Gasteiger partial charge in [0.05, 0.1) is 5.69 Å². The topological polar surface area (TPSA) is 97.1 Å². The molecular weight excluding hydrogens is 416 g/mol. The van der Waals surface area contributed by atoms with Crippen LogP contribution in [-0.4, -0.2) is 15.9 Å². The molecule has 0 fully saturated rings. The van der Waals surface area contributed by atoms with Crippen molar-refractivity contribution in [2.24, 2.45) is 0 Å². The van der Waals surface area contributed by atoms with Gasteiger partial charge in [-0.15, -0.1) is 0 Å². The highest BCUT2D eigenvalue weighted by atomic mass is 16.4. The molecule has 2 N–H and O–H groups in total.